The zero-order valence-corrected chi connectivity index (χ0v) is 15.1. The van der Waals surface area contributed by atoms with Crippen molar-refractivity contribution in [2.75, 3.05) is 6.61 Å². The van der Waals surface area contributed by atoms with E-state index in [1.165, 1.54) is 6.07 Å². The second-order valence-electron chi connectivity index (χ2n) is 7.13. The quantitative estimate of drug-likeness (QED) is 0.482. The minimum atomic E-state index is -0.282. The van der Waals surface area contributed by atoms with Crippen LogP contribution in [-0.4, -0.2) is 12.2 Å². The van der Waals surface area contributed by atoms with Crippen LogP contribution in [0.2, 0.25) is 0 Å². The lowest BCUT2D eigenvalue weighted by Gasteiger charge is -2.17. The Balaban J connectivity index is 1.75. The minimum absolute atomic E-state index is 0.223. The molecule has 0 aliphatic carbocycles. The minimum Gasteiger partial charge on any atom is -0.494 e. The highest BCUT2D eigenvalue weighted by molar-refractivity contribution is 5.74. The molecule has 0 N–H and O–H groups in total. The van der Waals surface area contributed by atoms with Crippen LogP contribution >= 0.6 is 0 Å². The van der Waals surface area contributed by atoms with Crippen molar-refractivity contribution in [2.45, 2.75) is 45.6 Å². The third-order valence-electron chi connectivity index (χ3n) is 4.26. The molecule has 0 bridgehead atoms. The average Bonchev–Trinajstić information content (AvgIpc) is 2.88. The molecule has 132 valence electrons. The van der Waals surface area contributed by atoms with Crippen molar-refractivity contribution in [2.24, 2.45) is 0 Å². The van der Waals surface area contributed by atoms with E-state index in [1.54, 1.807) is 6.07 Å². The Kier molecular flexibility index (Phi) is 5.12. The van der Waals surface area contributed by atoms with Crippen molar-refractivity contribution in [1.82, 2.24) is 0 Å². The Morgan fingerprint density at radius 3 is 2.64 bits per heavy atom. The molecule has 0 unspecified atom stereocenters. The molecule has 3 rings (SSSR count). The van der Waals surface area contributed by atoms with Gasteiger partial charge in [-0.25, -0.2) is 4.39 Å². The third-order valence-corrected chi connectivity index (χ3v) is 4.26. The van der Waals surface area contributed by atoms with Gasteiger partial charge in [-0.05, 0) is 50.1 Å². The summed E-state index contributed by atoms with van der Waals surface area (Å²) in [4.78, 5) is 0. The molecule has 0 spiro atoms. The lowest BCUT2D eigenvalue weighted by molar-refractivity contribution is 0.138. The van der Waals surface area contributed by atoms with Gasteiger partial charge in [-0.1, -0.05) is 37.6 Å². The van der Waals surface area contributed by atoms with Crippen LogP contribution in [0, 0.1) is 5.82 Å². The maximum absolute atomic E-state index is 13.9. The highest BCUT2D eigenvalue weighted by atomic mass is 19.1. The summed E-state index contributed by atoms with van der Waals surface area (Å²) in [6.07, 6.45) is 6.79. The van der Waals surface area contributed by atoms with E-state index in [0.29, 0.717) is 0 Å². The molecule has 25 heavy (non-hydrogen) atoms. The molecule has 0 amide bonds. The molecular formula is C22H25FO2. The molecule has 0 saturated heterocycles. The van der Waals surface area contributed by atoms with Crippen LogP contribution in [-0.2, 0) is 6.42 Å². The van der Waals surface area contributed by atoms with Gasteiger partial charge in [0.15, 0.2) is 0 Å². The van der Waals surface area contributed by atoms with Gasteiger partial charge >= 0.3 is 0 Å². The molecular weight excluding hydrogens is 315 g/mol. The lowest BCUT2D eigenvalue weighted by atomic mass is 10.00. The van der Waals surface area contributed by atoms with Gasteiger partial charge in [0, 0.05) is 17.5 Å². The van der Waals surface area contributed by atoms with Gasteiger partial charge in [-0.2, -0.15) is 0 Å². The monoisotopic (exact) mass is 340 g/mol. The van der Waals surface area contributed by atoms with Crippen LogP contribution in [0.5, 0.6) is 11.5 Å². The second-order valence-corrected chi connectivity index (χ2v) is 7.13. The molecule has 0 atom stereocenters. The lowest BCUT2D eigenvalue weighted by Crippen LogP contribution is -2.24. The number of hydrogen-bond acceptors (Lipinski definition) is 2. The van der Waals surface area contributed by atoms with E-state index >= 15 is 0 Å². The Morgan fingerprint density at radius 1 is 1.16 bits per heavy atom. The summed E-state index contributed by atoms with van der Waals surface area (Å²) < 4.78 is 25.6. The van der Waals surface area contributed by atoms with Gasteiger partial charge in [-0.15, -0.1) is 0 Å². The maximum Gasteiger partial charge on any atom is 0.130 e. The first-order chi connectivity index (χ1) is 12.0. The fraction of sp³-hybridized carbons (Fsp3) is 0.364. The average molecular weight is 340 g/mol. The van der Waals surface area contributed by atoms with Crippen molar-refractivity contribution in [3.05, 3.63) is 58.9 Å². The number of hydrogen-bond donors (Lipinski definition) is 0. The summed E-state index contributed by atoms with van der Waals surface area (Å²) >= 11 is 0. The molecule has 0 radical (unpaired) electrons. The highest BCUT2D eigenvalue weighted by Gasteiger charge is 2.31. The van der Waals surface area contributed by atoms with E-state index in [2.05, 4.69) is 6.92 Å². The van der Waals surface area contributed by atoms with Crippen LogP contribution in [0.3, 0.4) is 0 Å². The molecule has 3 heteroatoms. The maximum atomic E-state index is 13.9. The number of benzene rings is 2. The van der Waals surface area contributed by atoms with Gasteiger partial charge in [0.1, 0.15) is 22.9 Å². The van der Waals surface area contributed by atoms with E-state index in [-0.39, 0.29) is 11.4 Å². The number of fused-ring (bicyclic) bond motifs is 1. The zero-order chi connectivity index (χ0) is 17.9. The number of rotatable bonds is 6. The van der Waals surface area contributed by atoms with Gasteiger partial charge in [0.2, 0.25) is 0 Å². The molecule has 0 aromatic heterocycles. The van der Waals surface area contributed by atoms with E-state index in [0.717, 1.165) is 54.1 Å². The largest absolute Gasteiger partial charge is 0.494 e. The van der Waals surface area contributed by atoms with Crippen molar-refractivity contribution in [3.8, 4) is 11.5 Å². The predicted molar refractivity (Wildman–Crippen MR) is 101 cm³/mol. The molecule has 2 nitrogen and oxygen atoms in total. The summed E-state index contributed by atoms with van der Waals surface area (Å²) in [6, 6.07) is 11.0. The molecule has 0 saturated carbocycles. The van der Waals surface area contributed by atoms with Crippen LogP contribution in [0.15, 0.2) is 36.4 Å². The first kappa shape index (κ1) is 17.5. The van der Waals surface area contributed by atoms with Crippen LogP contribution < -0.4 is 9.47 Å². The summed E-state index contributed by atoms with van der Waals surface area (Å²) in [5, 5.41) is 0. The summed E-state index contributed by atoms with van der Waals surface area (Å²) in [5.41, 5.74) is 2.47. The molecule has 2 aromatic rings. The standard InChI is InChI=1S/C22H25FO2/c1-4-5-12-24-20-10-7-16(8-11-20)6-9-17-13-19(23)14-18-15-22(2,3)25-21(17)18/h6-11,13-14H,4-5,12,15H2,1-3H3. The first-order valence-corrected chi connectivity index (χ1v) is 8.89. The van der Waals surface area contributed by atoms with E-state index < -0.39 is 0 Å². The summed E-state index contributed by atoms with van der Waals surface area (Å²) in [5.74, 6) is 1.45. The van der Waals surface area contributed by atoms with Gasteiger partial charge in [-0.3, -0.25) is 0 Å². The Hall–Kier alpha value is -2.29. The SMILES string of the molecule is CCCCOc1ccc(C=Cc2cc(F)cc3c2OC(C)(C)C3)cc1. The highest BCUT2D eigenvalue weighted by Crippen LogP contribution is 2.39. The first-order valence-electron chi connectivity index (χ1n) is 8.89. The van der Waals surface area contributed by atoms with E-state index in [1.807, 2.05) is 50.3 Å². The Morgan fingerprint density at radius 2 is 1.92 bits per heavy atom. The van der Waals surface area contributed by atoms with Crippen LogP contribution in [0.1, 0.15) is 50.3 Å². The van der Waals surface area contributed by atoms with Crippen molar-refractivity contribution >= 4 is 12.2 Å². The Labute approximate surface area is 149 Å². The van der Waals surface area contributed by atoms with Gasteiger partial charge < -0.3 is 9.47 Å². The predicted octanol–water partition coefficient (Wildman–Crippen LogP) is 5.89. The Bertz CT molecular complexity index is 760. The van der Waals surface area contributed by atoms with E-state index in [9.17, 15) is 4.39 Å². The van der Waals surface area contributed by atoms with Crippen molar-refractivity contribution < 1.29 is 13.9 Å². The van der Waals surface area contributed by atoms with Gasteiger partial charge in [0.05, 0.1) is 6.61 Å². The van der Waals surface area contributed by atoms with Crippen LogP contribution in [0.4, 0.5) is 4.39 Å². The summed E-state index contributed by atoms with van der Waals surface area (Å²) in [6.45, 7) is 6.94. The topological polar surface area (TPSA) is 18.5 Å². The zero-order valence-electron chi connectivity index (χ0n) is 15.1. The molecule has 1 aliphatic heterocycles. The summed E-state index contributed by atoms with van der Waals surface area (Å²) in [7, 11) is 0. The number of unbranched alkanes of at least 4 members (excludes halogenated alkanes) is 1. The molecule has 1 aliphatic rings. The third kappa shape index (κ3) is 4.41. The smallest absolute Gasteiger partial charge is 0.130 e. The fourth-order valence-electron chi connectivity index (χ4n) is 3.02. The molecule has 0 fully saturated rings. The number of halogens is 1. The van der Waals surface area contributed by atoms with Gasteiger partial charge in [0.25, 0.3) is 0 Å². The van der Waals surface area contributed by atoms with Crippen molar-refractivity contribution in [3.63, 3.8) is 0 Å². The number of ether oxygens (including phenoxy) is 2. The van der Waals surface area contributed by atoms with Crippen molar-refractivity contribution in [1.29, 1.82) is 0 Å². The fourth-order valence-corrected chi connectivity index (χ4v) is 3.02. The van der Waals surface area contributed by atoms with Crippen LogP contribution in [0.25, 0.3) is 12.2 Å². The molecule has 2 aromatic carbocycles. The van der Waals surface area contributed by atoms with E-state index in [4.69, 9.17) is 9.47 Å². The normalized spacial score (nSPS) is 15.2. The second kappa shape index (κ2) is 7.30. The molecule has 1 heterocycles.